The molecule has 0 aliphatic heterocycles. The van der Waals surface area contributed by atoms with Gasteiger partial charge in [0.1, 0.15) is 0 Å². The summed E-state index contributed by atoms with van der Waals surface area (Å²) in [5.41, 5.74) is 0. The smallest absolute Gasteiger partial charge is 0.391 e. The molecule has 0 unspecified atom stereocenters. The minimum atomic E-state index is -4.02. The van der Waals surface area contributed by atoms with Gasteiger partial charge in [0.25, 0.3) is 0 Å². The summed E-state index contributed by atoms with van der Waals surface area (Å²) in [4.78, 5) is 0. The van der Waals surface area contributed by atoms with Crippen LogP contribution in [0.25, 0.3) is 0 Å². The van der Waals surface area contributed by atoms with Crippen molar-refractivity contribution in [3.05, 3.63) is 24.3 Å². The van der Waals surface area contributed by atoms with Gasteiger partial charge in [0.2, 0.25) is 0 Å². The Hall–Kier alpha value is -0.770. The lowest BCUT2D eigenvalue weighted by molar-refractivity contribution is -0.183. The molecule has 1 rings (SSSR count). The third-order valence-corrected chi connectivity index (χ3v) is 2.97. The van der Waals surface area contributed by atoms with Crippen molar-refractivity contribution in [2.45, 2.75) is 31.9 Å². The van der Waals surface area contributed by atoms with Crippen LogP contribution >= 0.6 is 0 Å². The third-order valence-electron chi connectivity index (χ3n) is 2.97. The molecule has 0 amide bonds. The lowest BCUT2D eigenvalue weighted by Crippen LogP contribution is -2.27. The maximum absolute atomic E-state index is 12.4. The number of aliphatic hydroxyl groups excluding tert-OH is 1. The number of alkyl halides is 3. The predicted molar refractivity (Wildman–Crippen MR) is 56.9 cm³/mol. The average Bonchev–Trinajstić information content (AvgIpc) is 2.24. The summed E-state index contributed by atoms with van der Waals surface area (Å²) in [5, 5.41) is 8.48. The van der Waals surface area contributed by atoms with Gasteiger partial charge in [-0.2, -0.15) is 13.2 Å². The van der Waals surface area contributed by atoms with Crippen LogP contribution in [0.4, 0.5) is 13.2 Å². The SMILES string of the molecule is OC/C=C/C=C/C1CCC(C(F)(F)F)CC1. The molecule has 0 aromatic heterocycles. The van der Waals surface area contributed by atoms with E-state index in [1.807, 2.05) is 6.08 Å². The number of allylic oxidation sites excluding steroid dienone is 3. The Morgan fingerprint density at radius 2 is 1.69 bits per heavy atom. The maximum atomic E-state index is 12.4. The molecule has 0 atom stereocenters. The normalized spacial score (nSPS) is 28.0. The fraction of sp³-hybridized carbons (Fsp3) is 0.667. The van der Waals surface area contributed by atoms with Crippen LogP contribution in [0.15, 0.2) is 24.3 Å². The fourth-order valence-corrected chi connectivity index (χ4v) is 2.00. The topological polar surface area (TPSA) is 20.2 Å². The van der Waals surface area contributed by atoms with Crippen molar-refractivity contribution in [2.75, 3.05) is 6.61 Å². The van der Waals surface area contributed by atoms with E-state index in [0.717, 1.165) is 0 Å². The van der Waals surface area contributed by atoms with Gasteiger partial charge in [0, 0.05) is 0 Å². The molecule has 0 spiro atoms. The first-order valence-electron chi connectivity index (χ1n) is 5.55. The van der Waals surface area contributed by atoms with Crippen molar-refractivity contribution in [1.29, 1.82) is 0 Å². The number of halogens is 3. The second-order valence-electron chi connectivity index (χ2n) is 4.15. The molecule has 1 N–H and O–H groups in total. The summed E-state index contributed by atoms with van der Waals surface area (Å²) in [6.45, 7) is -0.00878. The molecule has 1 fully saturated rings. The molecular weight excluding hydrogens is 217 g/mol. The molecule has 92 valence electrons. The van der Waals surface area contributed by atoms with E-state index in [-0.39, 0.29) is 25.4 Å². The highest BCUT2D eigenvalue weighted by molar-refractivity contribution is 5.05. The van der Waals surface area contributed by atoms with Crippen LogP contribution in [0, 0.1) is 11.8 Å². The van der Waals surface area contributed by atoms with Crippen molar-refractivity contribution in [1.82, 2.24) is 0 Å². The average molecular weight is 234 g/mol. The minimum Gasteiger partial charge on any atom is -0.392 e. The van der Waals surface area contributed by atoms with Crippen LogP contribution < -0.4 is 0 Å². The fourth-order valence-electron chi connectivity index (χ4n) is 2.00. The maximum Gasteiger partial charge on any atom is 0.391 e. The second kappa shape index (κ2) is 6.09. The highest BCUT2D eigenvalue weighted by Crippen LogP contribution is 2.39. The first kappa shape index (κ1) is 13.3. The van der Waals surface area contributed by atoms with Crippen LogP contribution in [0.2, 0.25) is 0 Å². The van der Waals surface area contributed by atoms with Crippen LogP contribution in [0.3, 0.4) is 0 Å². The summed E-state index contributed by atoms with van der Waals surface area (Å²) in [6.07, 6.45) is 4.71. The van der Waals surface area contributed by atoms with Crippen LogP contribution in [-0.4, -0.2) is 17.9 Å². The van der Waals surface area contributed by atoms with Gasteiger partial charge in [-0.05, 0) is 31.6 Å². The van der Waals surface area contributed by atoms with Gasteiger partial charge >= 0.3 is 6.18 Å². The van der Waals surface area contributed by atoms with E-state index >= 15 is 0 Å². The molecule has 16 heavy (non-hydrogen) atoms. The molecular formula is C12H17F3O. The molecule has 0 heterocycles. The van der Waals surface area contributed by atoms with Gasteiger partial charge in [0.05, 0.1) is 12.5 Å². The lowest BCUT2D eigenvalue weighted by Gasteiger charge is -2.28. The Morgan fingerprint density at radius 1 is 1.06 bits per heavy atom. The summed E-state index contributed by atoms with van der Waals surface area (Å²) in [7, 11) is 0. The highest BCUT2D eigenvalue weighted by Gasteiger charge is 2.40. The van der Waals surface area contributed by atoms with Gasteiger partial charge in [-0.3, -0.25) is 0 Å². The van der Waals surface area contributed by atoms with Gasteiger partial charge in [-0.25, -0.2) is 0 Å². The number of rotatable bonds is 3. The van der Waals surface area contributed by atoms with Crippen molar-refractivity contribution in [2.24, 2.45) is 11.8 Å². The molecule has 4 heteroatoms. The number of hydrogen-bond donors (Lipinski definition) is 1. The Balaban J connectivity index is 2.32. The zero-order chi connectivity index (χ0) is 12.0. The Kier molecular flexibility index (Phi) is 5.06. The van der Waals surface area contributed by atoms with Gasteiger partial charge in [-0.15, -0.1) is 0 Å². The molecule has 0 radical (unpaired) electrons. The lowest BCUT2D eigenvalue weighted by atomic mass is 9.81. The molecule has 1 saturated carbocycles. The van der Waals surface area contributed by atoms with E-state index in [1.165, 1.54) is 0 Å². The molecule has 1 nitrogen and oxygen atoms in total. The molecule has 0 aromatic carbocycles. The van der Waals surface area contributed by atoms with Crippen molar-refractivity contribution < 1.29 is 18.3 Å². The predicted octanol–water partition coefficient (Wildman–Crippen LogP) is 3.46. The zero-order valence-electron chi connectivity index (χ0n) is 9.08. The first-order valence-corrected chi connectivity index (χ1v) is 5.55. The minimum absolute atomic E-state index is 0.00878. The Labute approximate surface area is 93.7 Å². The van der Waals surface area contributed by atoms with Gasteiger partial charge < -0.3 is 5.11 Å². The van der Waals surface area contributed by atoms with Crippen LogP contribution in [0.5, 0.6) is 0 Å². The second-order valence-corrected chi connectivity index (χ2v) is 4.15. The Morgan fingerprint density at radius 3 is 2.19 bits per heavy atom. The summed E-state index contributed by atoms with van der Waals surface area (Å²) >= 11 is 0. The van der Waals surface area contributed by atoms with Gasteiger partial charge in [-0.1, -0.05) is 24.3 Å². The molecule has 0 bridgehead atoms. The molecule has 1 aliphatic rings. The van der Waals surface area contributed by atoms with E-state index in [1.54, 1.807) is 18.2 Å². The third kappa shape index (κ3) is 4.39. The first-order chi connectivity index (χ1) is 7.54. The molecule has 0 saturated heterocycles. The van der Waals surface area contributed by atoms with E-state index in [2.05, 4.69) is 0 Å². The van der Waals surface area contributed by atoms with Gasteiger partial charge in [0.15, 0.2) is 0 Å². The van der Waals surface area contributed by atoms with Crippen molar-refractivity contribution >= 4 is 0 Å². The summed E-state index contributed by atoms with van der Waals surface area (Å²) in [5.74, 6) is -0.855. The van der Waals surface area contributed by atoms with E-state index in [9.17, 15) is 13.2 Å². The van der Waals surface area contributed by atoms with E-state index in [4.69, 9.17) is 5.11 Å². The summed E-state index contributed by atoms with van der Waals surface area (Å²) in [6, 6.07) is 0. The highest BCUT2D eigenvalue weighted by atomic mass is 19.4. The number of aliphatic hydroxyl groups is 1. The van der Waals surface area contributed by atoms with Crippen molar-refractivity contribution in [3.8, 4) is 0 Å². The molecule has 1 aliphatic carbocycles. The van der Waals surface area contributed by atoms with E-state index < -0.39 is 12.1 Å². The standard InChI is InChI=1S/C12H17F3O/c13-12(14,15)11-7-5-10(6-8-11)4-2-1-3-9-16/h1-4,10-11,16H,5-9H2/b3-1+,4-2+. The quantitative estimate of drug-likeness (QED) is 0.741. The monoisotopic (exact) mass is 234 g/mol. The largest absolute Gasteiger partial charge is 0.392 e. The number of hydrogen-bond acceptors (Lipinski definition) is 1. The Bertz CT molecular complexity index is 247. The molecule has 0 aromatic rings. The summed E-state index contributed by atoms with van der Waals surface area (Å²) < 4.78 is 37.1. The van der Waals surface area contributed by atoms with E-state index in [0.29, 0.717) is 12.8 Å². The van der Waals surface area contributed by atoms with Crippen molar-refractivity contribution in [3.63, 3.8) is 0 Å². The van der Waals surface area contributed by atoms with Crippen LogP contribution in [0.1, 0.15) is 25.7 Å². The zero-order valence-corrected chi connectivity index (χ0v) is 9.08. The van der Waals surface area contributed by atoms with Crippen LogP contribution in [-0.2, 0) is 0 Å².